The molecule has 0 bridgehead atoms. The van der Waals surface area contributed by atoms with Gasteiger partial charge in [0.25, 0.3) is 0 Å². The van der Waals surface area contributed by atoms with Gasteiger partial charge in [-0.3, -0.25) is 4.79 Å². The van der Waals surface area contributed by atoms with E-state index < -0.39 is 17.0 Å². The van der Waals surface area contributed by atoms with Gasteiger partial charge in [-0.1, -0.05) is 20.8 Å². The van der Waals surface area contributed by atoms with Gasteiger partial charge in [-0.05, 0) is 12.1 Å². The zero-order valence-electron chi connectivity index (χ0n) is 9.32. The quantitative estimate of drug-likeness (QED) is 0.773. The Labute approximate surface area is 108 Å². The molecular formula is C11H12F2NOTi. The third-order valence-corrected chi connectivity index (χ3v) is 1.79. The maximum absolute atomic E-state index is 13.1. The molecule has 1 radical (unpaired) electrons. The van der Waals surface area contributed by atoms with Crippen LogP contribution in [0.4, 0.5) is 14.5 Å². The smallest absolute Gasteiger partial charge is 0.229 e. The molecule has 0 heterocycles. The first-order valence-corrected chi connectivity index (χ1v) is 4.49. The number of hydrogen-bond acceptors (Lipinski definition) is 1. The maximum atomic E-state index is 13.1. The fraction of sp³-hybridized carbons (Fsp3) is 0.364. The monoisotopic (exact) mass is 260 g/mol. The summed E-state index contributed by atoms with van der Waals surface area (Å²) in [5, 5.41) is 2.37. The SMILES string of the molecule is CC(C)(C)C(=O)Nc1ccc(F)[c]c1F.[Ti]. The molecule has 1 aromatic rings. The first-order chi connectivity index (χ1) is 6.80. The molecule has 0 saturated carbocycles. The summed E-state index contributed by atoms with van der Waals surface area (Å²) in [5.74, 6) is -2.02. The van der Waals surface area contributed by atoms with E-state index in [0.29, 0.717) is 0 Å². The summed E-state index contributed by atoms with van der Waals surface area (Å²) in [6.45, 7) is 5.11. The molecule has 1 N–H and O–H groups in total. The molecule has 16 heavy (non-hydrogen) atoms. The van der Waals surface area contributed by atoms with Crippen molar-refractivity contribution < 1.29 is 35.3 Å². The number of anilines is 1. The van der Waals surface area contributed by atoms with Crippen molar-refractivity contribution in [3.05, 3.63) is 29.8 Å². The summed E-state index contributed by atoms with van der Waals surface area (Å²) in [7, 11) is 0. The molecule has 1 aromatic carbocycles. The first-order valence-electron chi connectivity index (χ1n) is 4.49. The van der Waals surface area contributed by atoms with Crippen LogP contribution in [0.25, 0.3) is 0 Å². The number of halogens is 2. The average molecular weight is 260 g/mol. The van der Waals surface area contributed by atoms with Crippen molar-refractivity contribution in [2.75, 3.05) is 5.32 Å². The van der Waals surface area contributed by atoms with Crippen LogP contribution in [0.15, 0.2) is 12.1 Å². The Bertz CT molecular complexity index is 388. The summed E-state index contributed by atoms with van der Waals surface area (Å²) in [5.41, 5.74) is -0.683. The zero-order valence-corrected chi connectivity index (χ0v) is 10.9. The van der Waals surface area contributed by atoms with Crippen LogP contribution in [0.2, 0.25) is 0 Å². The van der Waals surface area contributed by atoms with Gasteiger partial charge in [-0.15, -0.1) is 0 Å². The van der Waals surface area contributed by atoms with Gasteiger partial charge in [0, 0.05) is 27.1 Å². The van der Waals surface area contributed by atoms with E-state index in [-0.39, 0.29) is 33.3 Å². The van der Waals surface area contributed by atoms with E-state index in [2.05, 4.69) is 5.32 Å². The van der Waals surface area contributed by atoms with Gasteiger partial charge in [0.05, 0.1) is 11.8 Å². The van der Waals surface area contributed by atoms with Crippen LogP contribution in [0.1, 0.15) is 20.8 Å². The van der Waals surface area contributed by atoms with E-state index in [1.165, 1.54) is 6.07 Å². The van der Waals surface area contributed by atoms with Gasteiger partial charge in [0.1, 0.15) is 5.82 Å². The predicted octanol–water partition coefficient (Wildman–Crippen LogP) is 2.75. The fourth-order valence-corrected chi connectivity index (χ4v) is 0.850. The summed E-state index contributed by atoms with van der Waals surface area (Å²) in [6, 6.07) is 4.06. The van der Waals surface area contributed by atoms with Crippen molar-refractivity contribution in [1.82, 2.24) is 0 Å². The minimum absolute atomic E-state index is 0. The minimum Gasteiger partial charge on any atom is -0.323 e. The molecule has 0 spiro atoms. The van der Waals surface area contributed by atoms with Crippen LogP contribution >= 0.6 is 0 Å². The number of rotatable bonds is 1. The van der Waals surface area contributed by atoms with Crippen molar-refractivity contribution in [1.29, 1.82) is 0 Å². The number of carbonyl (C=O) groups excluding carboxylic acids is 1. The van der Waals surface area contributed by atoms with Crippen LogP contribution in [0, 0.1) is 23.1 Å². The third-order valence-electron chi connectivity index (χ3n) is 1.79. The van der Waals surface area contributed by atoms with Gasteiger partial charge in [0.2, 0.25) is 5.91 Å². The van der Waals surface area contributed by atoms with Crippen molar-refractivity contribution in [3.63, 3.8) is 0 Å². The molecule has 0 saturated heterocycles. The molecule has 0 atom stereocenters. The predicted molar refractivity (Wildman–Crippen MR) is 53.3 cm³/mol. The van der Waals surface area contributed by atoms with Gasteiger partial charge >= 0.3 is 0 Å². The molecule has 1 amide bonds. The van der Waals surface area contributed by atoms with Gasteiger partial charge in [-0.2, -0.15) is 0 Å². The van der Waals surface area contributed by atoms with E-state index in [0.717, 1.165) is 6.07 Å². The second-order valence-corrected chi connectivity index (χ2v) is 4.24. The molecule has 85 valence electrons. The Morgan fingerprint density at radius 2 is 1.88 bits per heavy atom. The largest absolute Gasteiger partial charge is 0.323 e. The van der Waals surface area contributed by atoms with Crippen molar-refractivity contribution >= 4 is 11.6 Å². The van der Waals surface area contributed by atoms with Crippen LogP contribution in [-0.2, 0) is 26.5 Å². The van der Waals surface area contributed by atoms with Crippen molar-refractivity contribution in [3.8, 4) is 0 Å². The molecule has 5 heteroatoms. The number of amides is 1. The van der Waals surface area contributed by atoms with Gasteiger partial charge in [0.15, 0.2) is 5.82 Å². The van der Waals surface area contributed by atoms with Crippen LogP contribution in [0.5, 0.6) is 0 Å². The molecule has 0 aliphatic carbocycles. The van der Waals surface area contributed by atoms with E-state index >= 15 is 0 Å². The second-order valence-electron chi connectivity index (χ2n) is 4.24. The summed E-state index contributed by atoms with van der Waals surface area (Å²) in [4.78, 5) is 11.5. The fourth-order valence-electron chi connectivity index (χ4n) is 0.850. The molecular weight excluding hydrogens is 248 g/mol. The third kappa shape index (κ3) is 4.02. The van der Waals surface area contributed by atoms with Crippen LogP contribution in [-0.4, -0.2) is 5.91 Å². The maximum Gasteiger partial charge on any atom is 0.229 e. The Balaban J connectivity index is 0.00000225. The van der Waals surface area contributed by atoms with E-state index in [1.807, 2.05) is 6.07 Å². The Hall–Kier alpha value is -0.736. The van der Waals surface area contributed by atoms with Crippen LogP contribution < -0.4 is 5.32 Å². The van der Waals surface area contributed by atoms with Gasteiger partial charge < -0.3 is 5.32 Å². The summed E-state index contributed by atoms with van der Waals surface area (Å²) >= 11 is 0. The Kier molecular flexibility index (Phi) is 5.30. The average Bonchev–Trinajstić information content (AvgIpc) is 2.08. The Morgan fingerprint density at radius 3 is 2.31 bits per heavy atom. The van der Waals surface area contributed by atoms with Crippen molar-refractivity contribution in [2.45, 2.75) is 20.8 Å². The molecule has 2 nitrogen and oxygen atoms in total. The Morgan fingerprint density at radius 1 is 1.31 bits per heavy atom. The van der Waals surface area contributed by atoms with E-state index in [1.54, 1.807) is 20.8 Å². The van der Waals surface area contributed by atoms with Gasteiger partial charge in [-0.25, -0.2) is 8.78 Å². The van der Waals surface area contributed by atoms with Crippen LogP contribution in [0.3, 0.4) is 0 Å². The zero-order chi connectivity index (χ0) is 11.6. The number of hydrogen-bond donors (Lipinski definition) is 1. The minimum atomic E-state index is -0.896. The molecule has 0 unspecified atom stereocenters. The van der Waals surface area contributed by atoms with E-state index in [4.69, 9.17) is 0 Å². The summed E-state index contributed by atoms with van der Waals surface area (Å²) in [6.07, 6.45) is 0. The molecule has 0 fully saturated rings. The normalized spacial score (nSPS) is 10.6. The number of benzene rings is 1. The first kappa shape index (κ1) is 15.3. The molecule has 1 rings (SSSR count). The number of carbonyl (C=O) groups is 1. The van der Waals surface area contributed by atoms with E-state index in [9.17, 15) is 13.6 Å². The molecule has 0 aliphatic heterocycles. The molecule has 0 aromatic heterocycles. The topological polar surface area (TPSA) is 29.1 Å². The second kappa shape index (κ2) is 5.55. The number of nitrogens with one attached hydrogen (secondary N) is 1. The standard InChI is InChI=1S/C11H12F2NO.Ti/c1-11(2,3)10(15)14-9-5-4-7(12)6-8(9)13;/h4-5H,1-3H3,(H,14,15);. The summed E-state index contributed by atoms with van der Waals surface area (Å²) < 4.78 is 25.6. The van der Waals surface area contributed by atoms with Crippen molar-refractivity contribution in [2.24, 2.45) is 5.41 Å². The molecule has 0 aliphatic rings.